The topological polar surface area (TPSA) is 102 Å². The van der Waals surface area contributed by atoms with Crippen molar-refractivity contribution in [1.29, 1.82) is 0 Å². The standard InChI is InChI=1S/C32H35FN6O3/c1-21(2)23-12-16-27(17-13-23)39(29(40)20-38-36-31(35-37-38)25-10-14-26(33)15-11-25)30(24-8-6-22(3)7-9-24)32(41)34-19-28-5-4-18-42-28/h6-17,21,28,30H,4-5,18-20H2,1-3H3,(H,34,41)/t28-,30-/m1/s1. The lowest BCUT2D eigenvalue weighted by molar-refractivity contribution is -0.127. The minimum absolute atomic E-state index is 0.0497. The quantitative estimate of drug-likeness (QED) is 0.289. The van der Waals surface area contributed by atoms with Crippen LogP contribution in [0.25, 0.3) is 11.4 Å². The van der Waals surface area contributed by atoms with Crippen molar-refractivity contribution in [1.82, 2.24) is 25.5 Å². The van der Waals surface area contributed by atoms with Crippen LogP contribution in [0.15, 0.2) is 72.8 Å². The number of nitrogens with one attached hydrogen (secondary N) is 1. The van der Waals surface area contributed by atoms with E-state index in [9.17, 15) is 14.0 Å². The van der Waals surface area contributed by atoms with Crippen LogP contribution in [-0.2, 0) is 20.9 Å². The third kappa shape index (κ3) is 6.88. The van der Waals surface area contributed by atoms with Gasteiger partial charge in [-0.3, -0.25) is 14.5 Å². The molecule has 0 saturated carbocycles. The number of halogens is 1. The van der Waals surface area contributed by atoms with Gasteiger partial charge < -0.3 is 10.1 Å². The van der Waals surface area contributed by atoms with Gasteiger partial charge in [0.05, 0.1) is 6.10 Å². The summed E-state index contributed by atoms with van der Waals surface area (Å²) in [6.07, 6.45) is 1.79. The van der Waals surface area contributed by atoms with Gasteiger partial charge in [0.2, 0.25) is 11.7 Å². The van der Waals surface area contributed by atoms with E-state index in [-0.39, 0.29) is 30.2 Å². The van der Waals surface area contributed by atoms with Gasteiger partial charge in [0, 0.05) is 24.4 Å². The van der Waals surface area contributed by atoms with E-state index in [0.29, 0.717) is 35.9 Å². The van der Waals surface area contributed by atoms with E-state index in [1.807, 2.05) is 55.5 Å². The molecule has 9 nitrogen and oxygen atoms in total. The van der Waals surface area contributed by atoms with Gasteiger partial charge in [0.1, 0.15) is 18.4 Å². The molecule has 10 heteroatoms. The maximum Gasteiger partial charge on any atom is 0.251 e. The summed E-state index contributed by atoms with van der Waals surface area (Å²) in [4.78, 5) is 30.7. The largest absolute Gasteiger partial charge is 0.376 e. The molecule has 0 unspecified atom stereocenters. The van der Waals surface area contributed by atoms with Gasteiger partial charge in [-0.05, 0) is 78.4 Å². The van der Waals surface area contributed by atoms with E-state index >= 15 is 0 Å². The summed E-state index contributed by atoms with van der Waals surface area (Å²) in [5.74, 6) is -0.516. The Morgan fingerprint density at radius 1 is 1.02 bits per heavy atom. The summed E-state index contributed by atoms with van der Waals surface area (Å²) >= 11 is 0. The van der Waals surface area contributed by atoms with E-state index in [0.717, 1.165) is 24.0 Å². The lowest BCUT2D eigenvalue weighted by Gasteiger charge is -2.32. The van der Waals surface area contributed by atoms with Crippen molar-refractivity contribution >= 4 is 17.5 Å². The zero-order valence-electron chi connectivity index (χ0n) is 24.0. The highest BCUT2D eigenvalue weighted by atomic mass is 19.1. The van der Waals surface area contributed by atoms with Crippen LogP contribution in [0.4, 0.5) is 10.1 Å². The highest BCUT2D eigenvalue weighted by molar-refractivity contribution is 6.01. The fraction of sp³-hybridized carbons (Fsp3) is 0.344. The molecule has 0 aliphatic carbocycles. The molecule has 2 amide bonds. The number of tetrazole rings is 1. The Morgan fingerprint density at radius 2 is 1.71 bits per heavy atom. The molecule has 1 aliphatic heterocycles. The van der Waals surface area contributed by atoms with Crippen molar-refractivity contribution in [2.75, 3.05) is 18.1 Å². The molecule has 2 atom stereocenters. The summed E-state index contributed by atoms with van der Waals surface area (Å²) in [5.41, 5.74) is 3.97. The maximum atomic E-state index is 14.1. The van der Waals surface area contributed by atoms with Gasteiger partial charge >= 0.3 is 0 Å². The van der Waals surface area contributed by atoms with E-state index in [2.05, 4.69) is 34.6 Å². The summed E-state index contributed by atoms with van der Waals surface area (Å²) in [5, 5.41) is 15.5. The second kappa shape index (κ2) is 13.0. The number of hydrogen-bond acceptors (Lipinski definition) is 6. The van der Waals surface area contributed by atoms with Crippen LogP contribution < -0.4 is 10.2 Å². The highest BCUT2D eigenvalue weighted by Crippen LogP contribution is 2.30. The number of hydrogen-bond donors (Lipinski definition) is 1. The van der Waals surface area contributed by atoms with E-state index in [4.69, 9.17) is 4.74 Å². The fourth-order valence-electron chi connectivity index (χ4n) is 4.96. The predicted octanol–water partition coefficient (Wildman–Crippen LogP) is 4.98. The molecule has 0 bridgehead atoms. The molecule has 1 N–H and O–H groups in total. The zero-order valence-corrected chi connectivity index (χ0v) is 24.0. The number of nitrogens with zero attached hydrogens (tertiary/aromatic N) is 5. The van der Waals surface area contributed by atoms with Gasteiger partial charge in [-0.2, -0.15) is 4.80 Å². The SMILES string of the molecule is Cc1ccc([C@H](C(=O)NC[C@H]2CCCO2)N(C(=O)Cn2nnc(-c3ccc(F)cc3)n2)c2ccc(C(C)C)cc2)cc1. The summed E-state index contributed by atoms with van der Waals surface area (Å²) < 4.78 is 19.1. The Labute approximate surface area is 244 Å². The third-order valence-corrected chi connectivity index (χ3v) is 7.37. The molecule has 0 spiro atoms. The molecule has 218 valence electrons. The predicted molar refractivity (Wildman–Crippen MR) is 157 cm³/mol. The summed E-state index contributed by atoms with van der Waals surface area (Å²) in [7, 11) is 0. The number of ether oxygens (including phenoxy) is 1. The van der Waals surface area contributed by atoms with Crippen molar-refractivity contribution < 1.29 is 18.7 Å². The number of aromatic nitrogens is 4. The molecule has 0 radical (unpaired) electrons. The number of benzene rings is 3. The molecule has 42 heavy (non-hydrogen) atoms. The summed E-state index contributed by atoms with van der Waals surface area (Å²) in [6, 6.07) is 20.0. The minimum atomic E-state index is -0.954. The number of carbonyl (C=O) groups excluding carboxylic acids is 2. The van der Waals surface area contributed by atoms with Crippen molar-refractivity contribution in [2.24, 2.45) is 0 Å². The van der Waals surface area contributed by atoms with E-state index in [1.54, 1.807) is 12.1 Å². The molecular weight excluding hydrogens is 535 g/mol. The molecule has 5 rings (SSSR count). The Hall–Kier alpha value is -4.44. The van der Waals surface area contributed by atoms with Gasteiger partial charge in [0.15, 0.2) is 0 Å². The molecular formula is C32H35FN6O3. The molecule has 1 aromatic heterocycles. The van der Waals surface area contributed by atoms with Crippen LogP contribution in [-0.4, -0.2) is 51.3 Å². The second-order valence-corrected chi connectivity index (χ2v) is 10.9. The number of rotatable bonds is 10. The molecule has 1 fully saturated rings. The van der Waals surface area contributed by atoms with Gasteiger partial charge in [-0.25, -0.2) is 4.39 Å². The van der Waals surface area contributed by atoms with Gasteiger partial charge in [-0.1, -0.05) is 55.8 Å². The third-order valence-electron chi connectivity index (χ3n) is 7.37. The molecule has 1 aliphatic rings. The van der Waals surface area contributed by atoms with E-state index < -0.39 is 11.9 Å². The molecule has 1 saturated heterocycles. The van der Waals surface area contributed by atoms with Crippen molar-refractivity contribution in [3.8, 4) is 11.4 Å². The number of amides is 2. The van der Waals surface area contributed by atoms with Crippen LogP contribution >= 0.6 is 0 Å². The van der Waals surface area contributed by atoms with Crippen LogP contribution in [0.2, 0.25) is 0 Å². The van der Waals surface area contributed by atoms with Crippen molar-refractivity contribution in [3.05, 3.63) is 95.3 Å². The average Bonchev–Trinajstić information content (AvgIpc) is 3.68. The van der Waals surface area contributed by atoms with Crippen LogP contribution in [0.1, 0.15) is 55.3 Å². The average molecular weight is 571 g/mol. The second-order valence-electron chi connectivity index (χ2n) is 10.9. The number of aryl methyl sites for hydroxylation is 1. The first-order valence-corrected chi connectivity index (χ1v) is 14.2. The lowest BCUT2D eigenvalue weighted by atomic mass is 9.99. The maximum absolute atomic E-state index is 14.1. The lowest BCUT2D eigenvalue weighted by Crippen LogP contribution is -2.46. The van der Waals surface area contributed by atoms with Crippen LogP contribution in [0.5, 0.6) is 0 Å². The smallest absolute Gasteiger partial charge is 0.251 e. The molecule has 2 heterocycles. The van der Waals surface area contributed by atoms with E-state index in [1.165, 1.54) is 21.8 Å². The molecule has 3 aromatic carbocycles. The first-order chi connectivity index (χ1) is 20.3. The number of anilines is 1. The zero-order chi connectivity index (χ0) is 29.6. The van der Waals surface area contributed by atoms with Gasteiger partial charge in [0.25, 0.3) is 5.91 Å². The van der Waals surface area contributed by atoms with Gasteiger partial charge in [-0.15, -0.1) is 10.2 Å². The Balaban J connectivity index is 1.49. The van der Waals surface area contributed by atoms with Crippen LogP contribution in [0.3, 0.4) is 0 Å². The normalized spacial score (nSPS) is 15.5. The van der Waals surface area contributed by atoms with Crippen LogP contribution in [0, 0.1) is 12.7 Å². The Bertz CT molecular complexity index is 1500. The summed E-state index contributed by atoms with van der Waals surface area (Å²) in [6.45, 7) is 6.95. The first kappa shape index (κ1) is 29.1. The monoisotopic (exact) mass is 570 g/mol. The molecule has 4 aromatic rings. The fourth-order valence-corrected chi connectivity index (χ4v) is 4.96. The highest BCUT2D eigenvalue weighted by Gasteiger charge is 2.34. The first-order valence-electron chi connectivity index (χ1n) is 14.2. The van der Waals surface area contributed by atoms with Crippen molar-refractivity contribution in [2.45, 2.75) is 58.2 Å². The Kier molecular flexibility index (Phi) is 9.02. The minimum Gasteiger partial charge on any atom is -0.376 e. The number of carbonyl (C=O) groups is 2. The van der Waals surface area contributed by atoms with Crippen molar-refractivity contribution in [3.63, 3.8) is 0 Å². The Morgan fingerprint density at radius 3 is 2.36 bits per heavy atom.